The summed E-state index contributed by atoms with van der Waals surface area (Å²) >= 11 is 1.02. The van der Waals surface area contributed by atoms with Gasteiger partial charge in [-0.05, 0) is 63.5 Å². The number of nitrogens with one attached hydrogen (secondary N) is 1. The number of amides is 2. The van der Waals surface area contributed by atoms with E-state index in [1.807, 2.05) is 6.92 Å². The van der Waals surface area contributed by atoms with Crippen molar-refractivity contribution in [1.82, 2.24) is 20.2 Å². The van der Waals surface area contributed by atoms with Crippen molar-refractivity contribution in [3.8, 4) is 5.75 Å². The maximum Gasteiger partial charge on any atom is 0.427 e. The lowest BCUT2D eigenvalue weighted by molar-refractivity contribution is -0.133. The molecule has 44 heavy (non-hydrogen) atoms. The fourth-order valence-electron chi connectivity index (χ4n) is 6.46. The van der Waals surface area contributed by atoms with Gasteiger partial charge in [-0.15, -0.1) is 16.4 Å². The maximum absolute atomic E-state index is 14.7. The van der Waals surface area contributed by atoms with Crippen LogP contribution in [-0.4, -0.2) is 94.7 Å². The fourth-order valence-corrected chi connectivity index (χ4v) is 8.99. The summed E-state index contributed by atoms with van der Waals surface area (Å²) in [6, 6.07) is 15.4. The van der Waals surface area contributed by atoms with E-state index in [0.29, 0.717) is 36.0 Å². The fraction of sp³-hybridized carbons (Fsp3) is 0.419. The quantitative estimate of drug-likeness (QED) is 0.416. The summed E-state index contributed by atoms with van der Waals surface area (Å²) in [7, 11) is -0.696. The molecule has 3 aliphatic rings. The Morgan fingerprint density at radius 3 is 2.39 bits per heavy atom. The highest BCUT2D eigenvalue weighted by Crippen LogP contribution is 2.49. The largest absolute Gasteiger partial charge is 0.496 e. The molecule has 0 bridgehead atoms. The van der Waals surface area contributed by atoms with Crippen molar-refractivity contribution in [1.29, 1.82) is 0 Å². The van der Waals surface area contributed by atoms with Gasteiger partial charge in [-0.25, -0.2) is 4.79 Å². The smallest absolute Gasteiger partial charge is 0.427 e. The highest BCUT2D eigenvalue weighted by molar-refractivity contribution is 7.95. The van der Waals surface area contributed by atoms with Gasteiger partial charge in [0, 0.05) is 43.3 Å². The van der Waals surface area contributed by atoms with Crippen LogP contribution in [0.15, 0.2) is 64.2 Å². The van der Waals surface area contributed by atoms with Gasteiger partial charge < -0.3 is 14.5 Å². The van der Waals surface area contributed by atoms with Crippen molar-refractivity contribution >= 4 is 39.0 Å². The number of rotatable bonds is 7. The molecule has 1 N–H and O–H groups in total. The number of fused-ring (bicyclic) bond motifs is 1. The summed E-state index contributed by atoms with van der Waals surface area (Å²) in [6.07, 6.45) is 1.37. The van der Waals surface area contributed by atoms with E-state index in [4.69, 9.17) is 9.57 Å². The van der Waals surface area contributed by atoms with E-state index in [-0.39, 0.29) is 9.90 Å². The Morgan fingerprint density at radius 1 is 0.977 bits per heavy atom. The van der Waals surface area contributed by atoms with Crippen molar-refractivity contribution < 1.29 is 27.6 Å². The number of likely N-dealkylation sites (tertiary alicyclic amines) is 1. The van der Waals surface area contributed by atoms with E-state index in [9.17, 15) is 18.0 Å². The summed E-state index contributed by atoms with van der Waals surface area (Å²) in [5, 5.41) is 6.08. The van der Waals surface area contributed by atoms with Gasteiger partial charge in [-0.2, -0.15) is 12.7 Å². The molecule has 4 heterocycles. The Hall–Kier alpha value is -3.49. The molecule has 1 atom stereocenters. The predicted molar refractivity (Wildman–Crippen MR) is 167 cm³/mol. The summed E-state index contributed by atoms with van der Waals surface area (Å²) in [5.41, 5.74) is -0.382. The number of benzene rings is 2. The number of methoxy groups -OCH3 is 1. The van der Waals surface area contributed by atoms with E-state index in [1.165, 1.54) is 13.2 Å². The highest BCUT2D eigenvalue weighted by Gasteiger charge is 2.58. The normalized spacial score (nSPS) is 22.2. The minimum absolute atomic E-state index is 0.0123. The molecule has 2 aromatic carbocycles. The number of hydrogen-bond donors (Lipinski definition) is 1. The first-order valence-corrected chi connectivity index (χ1v) is 17.0. The lowest BCUT2D eigenvalue weighted by Gasteiger charge is -2.41. The third-order valence-corrected chi connectivity index (χ3v) is 11.8. The van der Waals surface area contributed by atoms with Crippen molar-refractivity contribution in [3.63, 3.8) is 0 Å². The molecule has 0 aliphatic carbocycles. The van der Waals surface area contributed by atoms with E-state index < -0.39 is 27.6 Å². The van der Waals surface area contributed by atoms with Crippen LogP contribution in [0.3, 0.4) is 0 Å². The molecule has 3 aliphatic heterocycles. The van der Waals surface area contributed by atoms with Gasteiger partial charge in [0.1, 0.15) is 9.96 Å². The molecule has 1 aromatic heterocycles. The van der Waals surface area contributed by atoms with Crippen LogP contribution in [0.4, 0.5) is 10.5 Å². The number of sulfonamides is 1. The molecule has 0 saturated carbocycles. The van der Waals surface area contributed by atoms with Crippen LogP contribution in [0, 0.1) is 6.92 Å². The van der Waals surface area contributed by atoms with Gasteiger partial charge in [-0.1, -0.05) is 42.0 Å². The van der Waals surface area contributed by atoms with Gasteiger partial charge in [0.15, 0.2) is 5.54 Å². The molecule has 2 saturated heterocycles. The molecular weight excluding hydrogens is 603 g/mol. The van der Waals surface area contributed by atoms with Crippen molar-refractivity contribution in [2.75, 3.05) is 57.7 Å². The standard InChI is InChI=1S/C31H37N5O6S2/c1-22-10-11-26-25(21-22)31(24-7-4-5-8-27(24)41-3,29(37)36(26)44(39,40)28-9-6-20-43-28)32-30(38)42-35-18-16-34(17-19-35)23-12-14-33(2)15-13-23/h4-11,20-21,23H,12-19H2,1-3H3,(H,32,38). The monoisotopic (exact) mass is 639 g/mol. The molecule has 1 unspecified atom stereocenters. The number of anilines is 1. The summed E-state index contributed by atoms with van der Waals surface area (Å²) in [6.45, 7) is 6.54. The second kappa shape index (κ2) is 12.1. The van der Waals surface area contributed by atoms with Crippen LogP contribution < -0.4 is 14.4 Å². The minimum atomic E-state index is -4.30. The van der Waals surface area contributed by atoms with Gasteiger partial charge in [0.25, 0.3) is 15.9 Å². The van der Waals surface area contributed by atoms with Gasteiger partial charge in [0.2, 0.25) is 0 Å². The minimum Gasteiger partial charge on any atom is -0.496 e. The number of ether oxygens (including phenoxy) is 1. The van der Waals surface area contributed by atoms with Crippen molar-refractivity contribution in [2.24, 2.45) is 0 Å². The number of carbonyl (C=O) groups excluding carboxylic acids is 2. The first kappa shape index (κ1) is 30.5. The van der Waals surface area contributed by atoms with Crippen LogP contribution in [0.2, 0.25) is 0 Å². The zero-order valence-corrected chi connectivity index (χ0v) is 26.7. The van der Waals surface area contributed by atoms with Gasteiger partial charge in [-0.3, -0.25) is 15.0 Å². The van der Waals surface area contributed by atoms with E-state index in [1.54, 1.807) is 59.0 Å². The zero-order chi connectivity index (χ0) is 31.1. The number of carbonyl (C=O) groups is 2. The molecule has 2 amide bonds. The van der Waals surface area contributed by atoms with Crippen LogP contribution in [0.25, 0.3) is 0 Å². The van der Waals surface area contributed by atoms with Crippen LogP contribution in [0.1, 0.15) is 29.5 Å². The number of piperazine rings is 1. The summed E-state index contributed by atoms with van der Waals surface area (Å²) < 4.78 is 34.3. The van der Waals surface area contributed by atoms with Crippen LogP contribution in [-0.2, 0) is 25.2 Å². The second-order valence-corrected chi connectivity index (χ2v) is 14.4. The number of piperidine rings is 1. The number of para-hydroxylation sites is 1. The molecule has 3 aromatic rings. The average Bonchev–Trinajstić information content (AvgIpc) is 3.65. The first-order valence-electron chi connectivity index (χ1n) is 14.7. The first-order chi connectivity index (χ1) is 21.1. The van der Waals surface area contributed by atoms with E-state index >= 15 is 0 Å². The SMILES string of the molecule is COc1ccccc1C1(NC(=O)ON2CCN(C3CCN(C)CC3)CC2)C(=O)N(S(=O)(=O)c2cccs2)c2ccc(C)cc21. The highest BCUT2D eigenvalue weighted by atomic mass is 32.2. The lowest BCUT2D eigenvalue weighted by atomic mass is 9.82. The number of hydrogen-bond acceptors (Lipinski definition) is 10. The molecular formula is C31H37N5O6S2. The Bertz CT molecular complexity index is 1630. The topological polar surface area (TPSA) is 112 Å². The number of aryl methyl sites for hydroxylation is 1. The Labute approximate surface area is 261 Å². The van der Waals surface area contributed by atoms with Crippen LogP contribution >= 0.6 is 11.3 Å². The maximum atomic E-state index is 14.7. The van der Waals surface area contributed by atoms with E-state index in [2.05, 4.69) is 22.2 Å². The Balaban J connectivity index is 1.33. The molecule has 0 radical (unpaired) electrons. The van der Waals surface area contributed by atoms with Gasteiger partial charge >= 0.3 is 6.09 Å². The van der Waals surface area contributed by atoms with E-state index in [0.717, 1.165) is 60.2 Å². The summed E-state index contributed by atoms with van der Waals surface area (Å²) in [4.78, 5) is 39.0. The number of thiophene rings is 1. The Kier molecular flexibility index (Phi) is 8.42. The molecule has 13 heteroatoms. The van der Waals surface area contributed by atoms with Crippen molar-refractivity contribution in [3.05, 3.63) is 76.7 Å². The third-order valence-electron chi connectivity index (χ3n) is 8.76. The number of nitrogens with zero attached hydrogens (tertiary/aromatic N) is 4. The molecule has 0 spiro atoms. The third kappa shape index (κ3) is 5.36. The van der Waals surface area contributed by atoms with Gasteiger partial charge in [0.05, 0.1) is 12.8 Å². The lowest BCUT2D eigenvalue weighted by Crippen LogP contribution is -2.57. The molecule has 234 valence electrons. The summed E-state index contributed by atoms with van der Waals surface area (Å²) in [5.74, 6) is -0.532. The molecule has 6 rings (SSSR count). The zero-order valence-electron chi connectivity index (χ0n) is 25.1. The van der Waals surface area contributed by atoms with Crippen LogP contribution in [0.5, 0.6) is 5.75 Å². The van der Waals surface area contributed by atoms with Crippen molar-refractivity contribution in [2.45, 2.75) is 35.6 Å². The average molecular weight is 640 g/mol. The number of hydroxylamine groups is 2. The molecule has 2 fully saturated rings. The molecule has 11 nitrogen and oxygen atoms in total. The second-order valence-electron chi connectivity index (χ2n) is 11.5. The Morgan fingerprint density at radius 2 is 1.70 bits per heavy atom. The predicted octanol–water partition coefficient (Wildman–Crippen LogP) is 3.40.